The van der Waals surface area contributed by atoms with Gasteiger partial charge in [-0.25, -0.2) is 4.98 Å². The molecule has 1 aromatic heterocycles. The summed E-state index contributed by atoms with van der Waals surface area (Å²) in [5.74, 6) is 1.82. The number of nitrogens with one attached hydrogen (secondary N) is 1. The molecule has 0 amide bonds. The van der Waals surface area contributed by atoms with Crippen LogP contribution in [0.3, 0.4) is 0 Å². The largest absolute Gasteiger partial charge is 0.446 e. The molecule has 0 radical (unpaired) electrons. The van der Waals surface area contributed by atoms with Crippen LogP contribution in [0.1, 0.15) is 29.7 Å². The van der Waals surface area contributed by atoms with Gasteiger partial charge in [0.25, 0.3) is 0 Å². The van der Waals surface area contributed by atoms with Crippen LogP contribution >= 0.6 is 0 Å². The minimum atomic E-state index is 0.834. The second-order valence-electron chi connectivity index (χ2n) is 4.75. The first kappa shape index (κ1) is 13.8. The molecule has 2 aromatic rings. The number of benzene rings is 1. The summed E-state index contributed by atoms with van der Waals surface area (Å²) in [4.78, 5) is 4.32. The number of aromatic nitrogens is 1. The molecule has 0 unspecified atom stereocenters. The molecule has 0 saturated heterocycles. The summed E-state index contributed by atoms with van der Waals surface area (Å²) in [6.07, 6.45) is 4.64. The molecule has 0 saturated carbocycles. The highest BCUT2D eigenvalue weighted by Crippen LogP contribution is 2.12. The third kappa shape index (κ3) is 4.21. The summed E-state index contributed by atoms with van der Waals surface area (Å²) in [5, 5.41) is 3.27. The van der Waals surface area contributed by atoms with E-state index in [9.17, 15) is 0 Å². The van der Waals surface area contributed by atoms with E-state index in [2.05, 4.69) is 48.4 Å². The Bertz CT molecular complexity index is 505. The first-order chi connectivity index (χ1) is 9.29. The summed E-state index contributed by atoms with van der Waals surface area (Å²) in [7, 11) is 0. The quantitative estimate of drug-likeness (QED) is 0.776. The molecule has 2 rings (SSSR count). The smallest absolute Gasteiger partial charge is 0.195 e. The number of likely N-dealkylation sites (N-methyl/N-ethyl adjacent to an activating group) is 1. The predicted molar refractivity (Wildman–Crippen MR) is 77.3 cm³/mol. The Morgan fingerprint density at radius 3 is 2.79 bits per heavy atom. The monoisotopic (exact) mass is 258 g/mol. The minimum Gasteiger partial charge on any atom is -0.446 e. The standard InChI is InChI=1S/C16H22N2O/c1-3-17-11-10-16-18-12-15(19-16)9-8-14-7-5-4-6-13(14)2/h4-7,12,17H,3,8-11H2,1-2H3. The van der Waals surface area contributed by atoms with E-state index in [0.29, 0.717) is 0 Å². The third-order valence-corrected chi connectivity index (χ3v) is 3.27. The zero-order valence-corrected chi connectivity index (χ0v) is 11.8. The Morgan fingerprint density at radius 1 is 1.16 bits per heavy atom. The van der Waals surface area contributed by atoms with Crippen LogP contribution < -0.4 is 5.32 Å². The topological polar surface area (TPSA) is 38.1 Å². The first-order valence-corrected chi connectivity index (χ1v) is 6.98. The van der Waals surface area contributed by atoms with Crippen LogP contribution in [-0.4, -0.2) is 18.1 Å². The maximum Gasteiger partial charge on any atom is 0.195 e. The molecule has 0 bridgehead atoms. The average Bonchev–Trinajstić information content (AvgIpc) is 2.86. The molecule has 1 N–H and O–H groups in total. The number of nitrogens with zero attached hydrogens (tertiary/aromatic N) is 1. The van der Waals surface area contributed by atoms with Crippen LogP contribution in [0.5, 0.6) is 0 Å². The molecule has 19 heavy (non-hydrogen) atoms. The fourth-order valence-electron chi connectivity index (χ4n) is 2.10. The van der Waals surface area contributed by atoms with Crippen molar-refractivity contribution in [2.45, 2.75) is 33.1 Å². The van der Waals surface area contributed by atoms with Gasteiger partial charge < -0.3 is 9.73 Å². The van der Waals surface area contributed by atoms with Gasteiger partial charge >= 0.3 is 0 Å². The van der Waals surface area contributed by atoms with Gasteiger partial charge in [-0.3, -0.25) is 0 Å². The van der Waals surface area contributed by atoms with E-state index in [-0.39, 0.29) is 0 Å². The molecule has 0 aliphatic heterocycles. The van der Waals surface area contributed by atoms with Crippen molar-refractivity contribution >= 4 is 0 Å². The number of hydrogen-bond acceptors (Lipinski definition) is 3. The van der Waals surface area contributed by atoms with Gasteiger partial charge in [0.15, 0.2) is 5.89 Å². The highest BCUT2D eigenvalue weighted by atomic mass is 16.4. The lowest BCUT2D eigenvalue weighted by molar-refractivity contribution is 0.449. The molecule has 3 heteroatoms. The van der Waals surface area contributed by atoms with Gasteiger partial charge in [-0.15, -0.1) is 0 Å². The van der Waals surface area contributed by atoms with Crippen LogP contribution in [0.4, 0.5) is 0 Å². The molecular formula is C16H22N2O. The Morgan fingerprint density at radius 2 is 2.00 bits per heavy atom. The molecule has 102 valence electrons. The maximum atomic E-state index is 5.74. The van der Waals surface area contributed by atoms with Crippen LogP contribution in [-0.2, 0) is 19.3 Å². The van der Waals surface area contributed by atoms with Crippen molar-refractivity contribution in [1.82, 2.24) is 10.3 Å². The van der Waals surface area contributed by atoms with E-state index >= 15 is 0 Å². The fraction of sp³-hybridized carbons (Fsp3) is 0.438. The normalized spacial score (nSPS) is 10.8. The van der Waals surface area contributed by atoms with Gasteiger partial charge in [-0.1, -0.05) is 31.2 Å². The van der Waals surface area contributed by atoms with E-state index in [1.165, 1.54) is 11.1 Å². The third-order valence-electron chi connectivity index (χ3n) is 3.27. The van der Waals surface area contributed by atoms with Crippen molar-refractivity contribution in [3.63, 3.8) is 0 Å². The molecule has 0 spiro atoms. The second-order valence-corrected chi connectivity index (χ2v) is 4.75. The van der Waals surface area contributed by atoms with Crippen molar-refractivity contribution in [2.75, 3.05) is 13.1 Å². The molecule has 1 aromatic carbocycles. The van der Waals surface area contributed by atoms with Crippen molar-refractivity contribution in [3.8, 4) is 0 Å². The Kier molecular flexibility index (Phi) is 5.16. The number of aryl methyl sites for hydroxylation is 3. The summed E-state index contributed by atoms with van der Waals surface area (Å²) in [6, 6.07) is 8.49. The molecular weight excluding hydrogens is 236 g/mol. The highest BCUT2D eigenvalue weighted by Gasteiger charge is 2.05. The molecule has 0 aliphatic rings. The SMILES string of the molecule is CCNCCc1ncc(CCc2ccccc2C)o1. The van der Waals surface area contributed by atoms with Crippen LogP contribution in [0.2, 0.25) is 0 Å². The molecule has 3 nitrogen and oxygen atoms in total. The number of oxazole rings is 1. The predicted octanol–water partition coefficient (Wildman–Crippen LogP) is 2.92. The van der Waals surface area contributed by atoms with Crippen LogP contribution in [0.25, 0.3) is 0 Å². The van der Waals surface area contributed by atoms with Crippen molar-refractivity contribution < 1.29 is 4.42 Å². The van der Waals surface area contributed by atoms with Gasteiger partial charge in [-0.05, 0) is 31.0 Å². The van der Waals surface area contributed by atoms with Crippen LogP contribution in [0.15, 0.2) is 34.9 Å². The zero-order valence-electron chi connectivity index (χ0n) is 11.8. The zero-order chi connectivity index (χ0) is 13.5. The first-order valence-electron chi connectivity index (χ1n) is 6.98. The maximum absolute atomic E-state index is 5.74. The minimum absolute atomic E-state index is 0.834. The molecule has 0 atom stereocenters. The molecule has 1 heterocycles. The lowest BCUT2D eigenvalue weighted by Crippen LogP contribution is -2.16. The van der Waals surface area contributed by atoms with Crippen molar-refractivity contribution in [2.24, 2.45) is 0 Å². The molecule has 0 fully saturated rings. The van der Waals surface area contributed by atoms with Gasteiger partial charge in [0, 0.05) is 19.4 Å². The van der Waals surface area contributed by atoms with Gasteiger partial charge in [0.05, 0.1) is 6.20 Å². The number of hydrogen-bond donors (Lipinski definition) is 1. The Balaban J connectivity index is 1.85. The van der Waals surface area contributed by atoms with Crippen LogP contribution in [0, 0.1) is 6.92 Å². The second kappa shape index (κ2) is 7.10. The lowest BCUT2D eigenvalue weighted by Gasteiger charge is -2.03. The van der Waals surface area contributed by atoms with Gasteiger partial charge in [0.2, 0.25) is 0 Å². The number of rotatable bonds is 7. The van der Waals surface area contributed by atoms with Crippen molar-refractivity contribution in [3.05, 3.63) is 53.2 Å². The van der Waals surface area contributed by atoms with E-state index in [1.807, 2.05) is 6.20 Å². The van der Waals surface area contributed by atoms with Gasteiger partial charge in [0.1, 0.15) is 5.76 Å². The lowest BCUT2D eigenvalue weighted by atomic mass is 10.0. The van der Waals surface area contributed by atoms with E-state index < -0.39 is 0 Å². The Hall–Kier alpha value is -1.61. The van der Waals surface area contributed by atoms with Crippen molar-refractivity contribution in [1.29, 1.82) is 0 Å². The highest BCUT2D eigenvalue weighted by molar-refractivity contribution is 5.26. The summed E-state index contributed by atoms with van der Waals surface area (Å²) >= 11 is 0. The summed E-state index contributed by atoms with van der Waals surface area (Å²) in [6.45, 7) is 6.16. The fourth-order valence-corrected chi connectivity index (χ4v) is 2.10. The summed E-state index contributed by atoms with van der Waals surface area (Å²) < 4.78 is 5.74. The van der Waals surface area contributed by atoms with E-state index in [1.54, 1.807) is 0 Å². The summed E-state index contributed by atoms with van der Waals surface area (Å²) in [5.41, 5.74) is 2.72. The van der Waals surface area contributed by atoms with E-state index in [4.69, 9.17) is 4.42 Å². The average molecular weight is 258 g/mol. The Labute approximate surface area is 115 Å². The van der Waals surface area contributed by atoms with Gasteiger partial charge in [-0.2, -0.15) is 0 Å². The molecule has 0 aliphatic carbocycles. The van der Waals surface area contributed by atoms with E-state index in [0.717, 1.165) is 44.0 Å².